The lowest BCUT2D eigenvalue weighted by Crippen LogP contribution is -3.06. The Morgan fingerprint density at radius 1 is 0.938 bits per heavy atom. The van der Waals surface area contributed by atoms with Crippen molar-refractivity contribution in [3.8, 4) is 0 Å². The lowest BCUT2D eigenvalue weighted by molar-refractivity contribution is -0.616. The first-order valence-electron chi connectivity index (χ1n) is 6.72. The fourth-order valence-electron chi connectivity index (χ4n) is 6.88. The highest BCUT2D eigenvalue weighted by Crippen LogP contribution is 3.05. The van der Waals surface area contributed by atoms with E-state index in [0.717, 1.165) is 48.0 Å². The summed E-state index contributed by atoms with van der Waals surface area (Å²) in [5.74, 6) is 7.40. The molecular formula is C13H19NO2. The summed E-state index contributed by atoms with van der Waals surface area (Å²) < 4.78 is 0. The van der Waals surface area contributed by atoms with E-state index in [1.54, 1.807) is 13.8 Å². The second-order valence-electron chi connectivity index (χ2n) is 6.94. The van der Waals surface area contributed by atoms with E-state index < -0.39 is 12.5 Å². The third-order valence-corrected chi connectivity index (χ3v) is 7.10. The minimum absolute atomic E-state index is 0.513. The number of hydrogen-bond acceptors (Lipinski definition) is 3. The molecule has 0 saturated heterocycles. The van der Waals surface area contributed by atoms with Crippen LogP contribution < -0.4 is 0 Å². The number of rotatable bonds is 4. The Bertz CT molecular complexity index is 333. The average molecular weight is 221 g/mol. The Morgan fingerprint density at radius 3 is 1.75 bits per heavy atom. The summed E-state index contributed by atoms with van der Waals surface area (Å²) in [6.07, 6.45) is -1.03. The van der Waals surface area contributed by atoms with Crippen LogP contribution in [0.4, 0.5) is 0 Å². The van der Waals surface area contributed by atoms with Gasteiger partial charge in [-0.1, -0.05) is 0 Å². The third-order valence-electron chi connectivity index (χ3n) is 7.10. The minimum Gasteiger partial charge on any atom is -0.379 e. The highest BCUT2D eigenvalue weighted by atomic mass is 16.3. The molecule has 88 valence electrons. The number of nitrogens with zero attached hydrogens (tertiary/aromatic N) is 1. The standard InChI is InChI=1S/C13H19NO2/c1-4(15)14(5(2)16)3-13-10-7-6-8(10)12(13)9(6)11(7)13/h4-12,15-16H,3H2,1-2H3. The van der Waals surface area contributed by atoms with E-state index in [1.165, 1.54) is 0 Å². The molecule has 3 heteroatoms. The van der Waals surface area contributed by atoms with E-state index in [-0.39, 0.29) is 0 Å². The first-order chi connectivity index (χ1) is 7.60. The lowest BCUT2D eigenvalue weighted by Gasteiger charge is -3.08. The van der Waals surface area contributed by atoms with Crippen molar-refractivity contribution in [2.45, 2.75) is 26.3 Å². The maximum absolute atomic E-state index is 9.73. The number of aliphatic hydroxyl groups is 2. The Morgan fingerprint density at radius 2 is 1.38 bits per heavy atom. The predicted octanol–water partition coefficient (Wildman–Crippen LogP) is 0.333. The summed E-state index contributed by atoms with van der Waals surface area (Å²) in [5.41, 5.74) is 0.558. The zero-order valence-electron chi connectivity index (χ0n) is 9.74. The monoisotopic (exact) mass is 221 g/mol. The maximum atomic E-state index is 9.73. The molecule has 0 spiro atoms. The van der Waals surface area contributed by atoms with E-state index in [1.807, 2.05) is 4.90 Å². The number of hydrogen-bond donors (Lipinski definition) is 2. The van der Waals surface area contributed by atoms with Crippen LogP contribution in [0.1, 0.15) is 13.8 Å². The molecule has 0 aromatic rings. The van der Waals surface area contributed by atoms with Crippen molar-refractivity contribution < 1.29 is 10.2 Å². The highest BCUT2D eigenvalue weighted by Gasteiger charge is 3.03. The molecule has 0 heterocycles. The van der Waals surface area contributed by atoms with Crippen LogP contribution in [0.15, 0.2) is 0 Å². The van der Waals surface area contributed by atoms with Crippen LogP contribution in [-0.2, 0) is 0 Å². The van der Waals surface area contributed by atoms with Gasteiger partial charge in [0.05, 0.1) is 0 Å². The summed E-state index contributed by atoms with van der Waals surface area (Å²) in [6, 6.07) is 0. The van der Waals surface area contributed by atoms with Gasteiger partial charge in [0.15, 0.2) is 0 Å². The van der Waals surface area contributed by atoms with E-state index in [4.69, 9.17) is 0 Å². The van der Waals surface area contributed by atoms with E-state index >= 15 is 0 Å². The maximum Gasteiger partial charge on any atom is 0.106 e. The topological polar surface area (TPSA) is 43.7 Å². The molecule has 3 nitrogen and oxygen atoms in total. The molecule has 6 aliphatic rings. The zero-order valence-corrected chi connectivity index (χ0v) is 9.74. The van der Waals surface area contributed by atoms with E-state index in [9.17, 15) is 10.2 Å². The van der Waals surface area contributed by atoms with Gasteiger partial charge in [0.2, 0.25) is 0 Å². The van der Waals surface area contributed by atoms with Crippen molar-refractivity contribution >= 4 is 0 Å². The SMILES string of the molecule is CC(O)N(CC12C3C4C5C3C1C5C42)C(C)O. The second-order valence-corrected chi connectivity index (χ2v) is 6.94. The summed E-state index contributed by atoms with van der Waals surface area (Å²) in [6.45, 7) is 4.49. The summed E-state index contributed by atoms with van der Waals surface area (Å²) in [5, 5.41) is 19.5. The van der Waals surface area contributed by atoms with Gasteiger partial charge in [0, 0.05) is 6.54 Å². The molecule has 0 aliphatic heterocycles. The van der Waals surface area contributed by atoms with E-state index in [2.05, 4.69) is 0 Å². The first kappa shape index (κ1) is 8.90. The molecule has 0 aromatic heterocycles. The van der Waals surface area contributed by atoms with Crippen LogP contribution in [-0.4, -0.2) is 34.1 Å². The van der Waals surface area contributed by atoms with Crippen LogP contribution in [0.5, 0.6) is 0 Å². The molecule has 6 fully saturated rings. The third kappa shape index (κ3) is 0.515. The molecule has 2 unspecified atom stereocenters. The fourth-order valence-corrected chi connectivity index (χ4v) is 6.88. The van der Waals surface area contributed by atoms with Crippen LogP contribution in [0.25, 0.3) is 0 Å². The quantitative estimate of drug-likeness (QED) is 0.673. The van der Waals surface area contributed by atoms with Gasteiger partial charge in [-0.05, 0) is 60.7 Å². The van der Waals surface area contributed by atoms with Gasteiger partial charge in [0.1, 0.15) is 12.5 Å². The van der Waals surface area contributed by atoms with Crippen LogP contribution in [0.3, 0.4) is 0 Å². The smallest absolute Gasteiger partial charge is 0.106 e. The number of aliphatic hydroxyl groups excluding tert-OH is 2. The van der Waals surface area contributed by atoms with E-state index in [0.29, 0.717) is 5.41 Å². The molecule has 16 heavy (non-hydrogen) atoms. The largest absolute Gasteiger partial charge is 0.379 e. The molecule has 0 radical (unpaired) electrons. The van der Waals surface area contributed by atoms with Crippen molar-refractivity contribution in [1.82, 2.24) is 4.90 Å². The molecule has 6 saturated carbocycles. The molecular weight excluding hydrogens is 202 g/mol. The van der Waals surface area contributed by atoms with Gasteiger partial charge < -0.3 is 10.2 Å². The van der Waals surface area contributed by atoms with Gasteiger partial charge in [-0.15, -0.1) is 0 Å². The molecule has 0 aromatic carbocycles. The van der Waals surface area contributed by atoms with Crippen molar-refractivity contribution in [2.24, 2.45) is 46.8 Å². The average Bonchev–Trinajstić information content (AvgIpc) is 2.25. The van der Waals surface area contributed by atoms with Crippen molar-refractivity contribution in [2.75, 3.05) is 6.54 Å². The Labute approximate surface area is 95.4 Å². The van der Waals surface area contributed by atoms with Crippen LogP contribution >= 0.6 is 0 Å². The predicted molar refractivity (Wildman–Crippen MR) is 56.9 cm³/mol. The van der Waals surface area contributed by atoms with Gasteiger partial charge in [-0.3, -0.25) is 4.90 Å². The minimum atomic E-state index is -0.513. The normalized spacial score (nSPS) is 69.2. The van der Waals surface area contributed by atoms with Crippen LogP contribution in [0.2, 0.25) is 0 Å². The molecule has 0 amide bonds. The Hall–Kier alpha value is -0.120. The van der Waals surface area contributed by atoms with Gasteiger partial charge in [-0.2, -0.15) is 0 Å². The first-order valence-corrected chi connectivity index (χ1v) is 6.72. The van der Waals surface area contributed by atoms with Crippen molar-refractivity contribution in [3.05, 3.63) is 0 Å². The fraction of sp³-hybridized carbons (Fsp3) is 1.00. The van der Waals surface area contributed by atoms with Crippen molar-refractivity contribution in [1.29, 1.82) is 0 Å². The molecule has 6 aliphatic carbocycles. The van der Waals surface area contributed by atoms with Crippen LogP contribution in [0, 0.1) is 46.8 Å². The van der Waals surface area contributed by atoms with Gasteiger partial charge in [0.25, 0.3) is 0 Å². The Balaban J connectivity index is 1.40. The second kappa shape index (κ2) is 2.11. The van der Waals surface area contributed by atoms with Gasteiger partial charge >= 0.3 is 0 Å². The molecule has 6 rings (SSSR count). The van der Waals surface area contributed by atoms with Gasteiger partial charge in [-0.25, -0.2) is 0 Å². The summed E-state index contributed by atoms with van der Waals surface area (Å²) >= 11 is 0. The molecule has 2 N–H and O–H groups in total. The highest BCUT2D eigenvalue weighted by molar-refractivity contribution is 5.50. The van der Waals surface area contributed by atoms with Crippen molar-refractivity contribution in [3.63, 3.8) is 0 Å². The molecule has 2 atom stereocenters. The Kier molecular flexibility index (Phi) is 1.17. The zero-order chi connectivity index (χ0) is 11.0. The summed E-state index contributed by atoms with van der Waals surface area (Å²) in [7, 11) is 0. The molecule has 0 bridgehead atoms. The lowest BCUT2D eigenvalue weighted by atomic mass is 8.96. The summed E-state index contributed by atoms with van der Waals surface area (Å²) in [4.78, 5) is 1.88.